The number of anilines is 1. The van der Waals surface area contributed by atoms with Gasteiger partial charge in [-0.15, -0.1) is 11.3 Å². The minimum absolute atomic E-state index is 0.131. The fourth-order valence-corrected chi connectivity index (χ4v) is 2.64. The lowest BCUT2D eigenvalue weighted by Crippen LogP contribution is -2.20. The summed E-state index contributed by atoms with van der Waals surface area (Å²) in [4.78, 5) is 12.3. The van der Waals surface area contributed by atoms with Crippen molar-refractivity contribution in [1.29, 1.82) is 10.7 Å². The summed E-state index contributed by atoms with van der Waals surface area (Å²) in [6.07, 6.45) is 0. The van der Waals surface area contributed by atoms with Crippen LogP contribution in [0.1, 0.15) is 15.9 Å². The van der Waals surface area contributed by atoms with Gasteiger partial charge < -0.3 is 9.73 Å². The molecule has 2 heterocycles. The van der Waals surface area contributed by atoms with Crippen molar-refractivity contribution in [2.45, 2.75) is 0 Å². The molecule has 5 nitrogen and oxygen atoms in total. The fourth-order valence-electron chi connectivity index (χ4n) is 1.91. The van der Waals surface area contributed by atoms with Crippen LogP contribution in [0.2, 0.25) is 0 Å². The first kappa shape index (κ1) is 13.1. The van der Waals surface area contributed by atoms with Crippen LogP contribution < -0.4 is 10.9 Å². The van der Waals surface area contributed by atoms with Gasteiger partial charge in [-0.1, -0.05) is 18.2 Å². The van der Waals surface area contributed by atoms with Crippen LogP contribution >= 0.6 is 11.3 Å². The smallest absolute Gasteiger partial charge is 0.261 e. The van der Waals surface area contributed by atoms with Gasteiger partial charge >= 0.3 is 0 Å². The highest BCUT2D eigenvalue weighted by Gasteiger charge is 2.14. The molecule has 102 valence electrons. The lowest BCUT2D eigenvalue weighted by atomic mass is 10.2. The molecule has 0 bridgehead atoms. The maximum Gasteiger partial charge on any atom is 0.261 e. The first-order valence-corrected chi connectivity index (χ1v) is 6.93. The fraction of sp³-hybridized carbons (Fsp3) is 0. The Morgan fingerprint density at radius 3 is 2.95 bits per heavy atom. The summed E-state index contributed by atoms with van der Waals surface area (Å²) in [6, 6.07) is 12.4. The number of hydrogen-bond donors (Lipinski definition) is 2. The molecular formula is C15H9N3O2S. The van der Waals surface area contributed by atoms with E-state index >= 15 is 0 Å². The lowest BCUT2D eigenvalue weighted by Gasteiger charge is -2.04. The Bertz CT molecular complexity index is 934. The average Bonchev–Trinajstić information content (AvgIpc) is 2.93. The SMILES string of the molecule is N#Cc1ccsc1NC(=O)c1cc2ccccc2oc1=N. The number of benzene rings is 1. The Balaban J connectivity index is 2.00. The van der Waals surface area contributed by atoms with Crippen LogP contribution in [-0.2, 0) is 0 Å². The van der Waals surface area contributed by atoms with Crippen LogP contribution in [0.5, 0.6) is 0 Å². The van der Waals surface area contributed by atoms with Crippen molar-refractivity contribution in [2.24, 2.45) is 0 Å². The Labute approximate surface area is 123 Å². The first-order valence-electron chi connectivity index (χ1n) is 6.05. The normalized spacial score (nSPS) is 10.2. The molecule has 0 fully saturated rings. The molecule has 0 radical (unpaired) electrons. The monoisotopic (exact) mass is 295 g/mol. The lowest BCUT2D eigenvalue weighted by molar-refractivity contribution is 0.102. The van der Waals surface area contributed by atoms with Crippen LogP contribution in [0.4, 0.5) is 5.00 Å². The molecule has 1 amide bonds. The summed E-state index contributed by atoms with van der Waals surface area (Å²) < 4.78 is 5.33. The van der Waals surface area contributed by atoms with Crippen LogP contribution in [0.25, 0.3) is 11.0 Å². The molecule has 3 aromatic rings. The number of hydrogen-bond acceptors (Lipinski definition) is 5. The molecule has 1 aromatic carbocycles. The van der Waals surface area contributed by atoms with Gasteiger partial charge in [0.1, 0.15) is 22.2 Å². The molecule has 3 rings (SSSR count). The summed E-state index contributed by atoms with van der Waals surface area (Å²) in [7, 11) is 0. The van der Waals surface area contributed by atoms with Crippen LogP contribution in [0.15, 0.2) is 46.2 Å². The Morgan fingerprint density at radius 2 is 2.14 bits per heavy atom. The topological polar surface area (TPSA) is 89.9 Å². The van der Waals surface area contributed by atoms with E-state index in [-0.39, 0.29) is 11.1 Å². The van der Waals surface area contributed by atoms with E-state index in [1.54, 1.807) is 35.7 Å². The number of rotatable bonds is 2. The van der Waals surface area contributed by atoms with Crippen LogP contribution in [0.3, 0.4) is 0 Å². The molecule has 21 heavy (non-hydrogen) atoms. The van der Waals surface area contributed by atoms with Gasteiger partial charge in [-0.05, 0) is 23.6 Å². The highest BCUT2D eigenvalue weighted by atomic mass is 32.1. The summed E-state index contributed by atoms with van der Waals surface area (Å²) in [5, 5.41) is 22.3. The van der Waals surface area contributed by atoms with E-state index in [1.807, 2.05) is 12.1 Å². The molecule has 2 aromatic heterocycles. The van der Waals surface area contributed by atoms with Gasteiger partial charge in [0.25, 0.3) is 5.91 Å². The zero-order valence-electron chi connectivity index (χ0n) is 10.7. The van der Waals surface area contributed by atoms with E-state index in [4.69, 9.17) is 15.1 Å². The molecular weight excluding hydrogens is 286 g/mol. The summed E-state index contributed by atoms with van der Waals surface area (Å²) in [5.74, 6) is -0.464. The van der Waals surface area contributed by atoms with E-state index < -0.39 is 5.91 Å². The quantitative estimate of drug-likeness (QED) is 0.761. The minimum atomic E-state index is -0.464. The van der Waals surface area contributed by atoms with Crippen LogP contribution in [0, 0.1) is 16.7 Å². The maximum absolute atomic E-state index is 12.3. The van der Waals surface area contributed by atoms with Gasteiger partial charge in [-0.3, -0.25) is 10.2 Å². The van der Waals surface area contributed by atoms with E-state index in [2.05, 4.69) is 5.32 Å². The zero-order chi connectivity index (χ0) is 14.8. The second-order valence-corrected chi connectivity index (χ2v) is 5.17. The van der Waals surface area contributed by atoms with Crippen molar-refractivity contribution in [3.05, 3.63) is 58.5 Å². The average molecular weight is 295 g/mol. The molecule has 0 atom stereocenters. The van der Waals surface area contributed by atoms with Gasteiger partial charge in [0.05, 0.1) is 5.56 Å². The van der Waals surface area contributed by atoms with Gasteiger partial charge in [-0.25, -0.2) is 0 Å². The largest absolute Gasteiger partial charge is 0.438 e. The van der Waals surface area contributed by atoms with E-state index in [1.165, 1.54) is 11.3 Å². The molecule has 0 aliphatic heterocycles. The van der Waals surface area contributed by atoms with Crippen LogP contribution in [-0.4, -0.2) is 5.91 Å². The third-order valence-corrected chi connectivity index (χ3v) is 3.76. The Hall–Kier alpha value is -2.91. The number of amides is 1. The third kappa shape index (κ3) is 2.42. The molecule has 0 spiro atoms. The van der Waals surface area contributed by atoms with Crippen molar-refractivity contribution < 1.29 is 9.21 Å². The molecule has 0 unspecified atom stereocenters. The highest BCUT2D eigenvalue weighted by Crippen LogP contribution is 2.23. The third-order valence-electron chi connectivity index (χ3n) is 2.93. The van der Waals surface area contributed by atoms with Crippen molar-refractivity contribution in [3.8, 4) is 6.07 Å². The van der Waals surface area contributed by atoms with E-state index in [9.17, 15) is 4.79 Å². The van der Waals surface area contributed by atoms with Gasteiger partial charge in [0.2, 0.25) is 5.55 Å². The number of nitriles is 1. The van der Waals surface area contributed by atoms with Crippen molar-refractivity contribution >= 4 is 33.2 Å². The number of thiophene rings is 1. The molecule has 0 saturated carbocycles. The second-order valence-electron chi connectivity index (χ2n) is 4.26. The molecule has 0 saturated heterocycles. The number of nitrogens with one attached hydrogen (secondary N) is 2. The van der Waals surface area contributed by atoms with Gasteiger partial charge in [0.15, 0.2) is 0 Å². The summed E-state index contributed by atoms with van der Waals surface area (Å²) >= 11 is 1.26. The molecule has 0 aliphatic rings. The second kappa shape index (κ2) is 5.23. The maximum atomic E-state index is 12.3. The van der Waals surface area contributed by atoms with Gasteiger partial charge in [-0.2, -0.15) is 5.26 Å². The van der Waals surface area contributed by atoms with Crippen molar-refractivity contribution in [2.75, 3.05) is 5.32 Å². The number of fused-ring (bicyclic) bond motifs is 1. The van der Waals surface area contributed by atoms with Crippen molar-refractivity contribution in [1.82, 2.24) is 0 Å². The molecule has 2 N–H and O–H groups in total. The van der Waals surface area contributed by atoms with E-state index in [0.29, 0.717) is 16.1 Å². The Kier molecular flexibility index (Phi) is 3.26. The number of carbonyl (C=O) groups is 1. The zero-order valence-corrected chi connectivity index (χ0v) is 11.5. The molecule has 6 heteroatoms. The number of nitrogens with zero attached hydrogens (tertiary/aromatic N) is 1. The van der Waals surface area contributed by atoms with Gasteiger partial charge in [0, 0.05) is 5.39 Å². The highest BCUT2D eigenvalue weighted by molar-refractivity contribution is 7.14. The number of para-hydroxylation sites is 1. The summed E-state index contributed by atoms with van der Waals surface area (Å²) in [6.45, 7) is 0. The predicted octanol–water partition coefficient (Wildman–Crippen LogP) is 3.10. The molecule has 0 aliphatic carbocycles. The summed E-state index contributed by atoms with van der Waals surface area (Å²) in [5.41, 5.74) is 0.873. The van der Waals surface area contributed by atoms with E-state index in [0.717, 1.165) is 5.39 Å². The predicted molar refractivity (Wildman–Crippen MR) is 79.1 cm³/mol. The minimum Gasteiger partial charge on any atom is -0.438 e. The standard InChI is InChI=1S/C15H9N3O2S/c16-8-10-5-6-21-15(10)18-14(19)11-7-9-3-1-2-4-12(9)20-13(11)17/h1-7,17H,(H,18,19). The Morgan fingerprint density at radius 1 is 1.33 bits per heavy atom. The van der Waals surface area contributed by atoms with Crippen molar-refractivity contribution in [3.63, 3.8) is 0 Å². The first-order chi connectivity index (χ1) is 10.2. The number of carbonyl (C=O) groups excluding carboxylic acids is 1.